The second-order valence-electron chi connectivity index (χ2n) is 6.03. The maximum absolute atomic E-state index is 6.53. The molecular formula is C18H9Br6N3. The summed E-state index contributed by atoms with van der Waals surface area (Å²) in [6.45, 7) is 0. The van der Waals surface area contributed by atoms with Gasteiger partial charge in [0.2, 0.25) is 0 Å². The highest BCUT2D eigenvalue weighted by molar-refractivity contribution is 9.13. The van der Waals surface area contributed by atoms with Crippen molar-refractivity contribution in [1.29, 1.82) is 0 Å². The van der Waals surface area contributed by atoms with Crippen LogP contribution in [0.2, 0.25) is 0 Å². The van der Waals surface area contributed by atoms with Crippen molar-refractivity contribution < 1.29 is 0 Å². The Bertz CT molecular complexity index is 1130. The van der Waals surface area contributed by atoms with Gasteiger partial charge in [-0.2, -0.15) is 0 Å². The highest BCUT2D eigenvalue weighted by Crippen LogP contribution is 2.50. The monoisotopic (exact) mass is 741 g/mol. The van der Waals surface area contributed by atoms with E-state index < -0.39 is 0 Å². The Balaban J connectivity index is 2.53. The lowest BCUT2D eigenvalue weighted by Gasteiger charge is -2.19. The van der Waals surface area contributed by atoms with E-state index in [0.29, 0.717) is 17.1 Å². The molecular weight excluding hydrogens is 738 g/mol. The number of anilines is 3. The molecule has 3 nitrogen and oxygen atoms in total. The molecule has 0 unspecified atom stereocenters. The van der Waals surface area contributed by atoms with Crippen LogP contribution in [-0.2, 0) is 0 Å². The molecule has 0 heterocycles. The largest absolute Gasteiger partial charge is 0.397 e. The van der Waals surface area contributed by atoms with E-state index in [4.69, 9.17) is 17.2 Å². The Morgan fingerprint density at radius 1 is 0.444 bits per heavy atom. The number of fused-ring (bicyclic) bond motifs is 6. The summed E-state index contributed by atoms with van der Waals surface area (Å²) >= 11 is 21.5. The van der Waals surface area contributed by atoms with E-state index in [1.807, 2.05) is 18.2 Å². The minimum atomic E-state index is 0.623. The van der Waals surface area contributed by atoms with Crippen LogP contribution in [0, 0.1) is 0 Å². The van der Waals surface area contributed by atoms with E-state index >= 15 is 0 Å². The summed E-state index contributed by atoms with van der Waals surface area (Å²) in [5.41, 5.74) is 21.4. The summed E-state index contributed by atoms with van der Waals surface area (Å²) in [5.74, 6) is 0. The fourth-order valence-electron chi connectivity index (χ4n) is 3.40. The zero-order chi connectivity index (χ0) is 19.8. The van der Waals surface area contributed by atoms with Gasteiger partial charge in [-0.1, -0.05) is 0 Å². The summed E-state index contributed by atoms with van der Waals surface area (Å²) in [7, 11) is 0. The molecule has 0 amide bonds. The van der Waals surface area contributed by atoms with Crippen LogP contribution >= 0.6 is 95.6 Å². The first-order chi connectivity index (χ1) is 12.6. The molecule has 0 aromatic heterocycles. The van der Waals surface area contributed by atoms with E-state index in [2.05, 4.69) is 95.6 Å². The minimum absolute atomic E-state index is 0.623. The molecule has 0 saturated heterocycles. The van der Waals surface area contributed by atoms with Crippen LogP contribution in [0.15, 0.2) is 45.0 Å². The lowest BCUT2D eigenvalue weighted by molar-refractivity contribution is 1.61. The predicted molar refractivity (Wildman–Crippen MR) is 138 cm³/mol. The topological polar surface area (TPSA) is 78.1 Å². The number of hydrogen-bond acceptors (Lipinski definition) is 3. The van der Waals surface area contributed by atoms with Crippen LogP contribution in [0.1, 0.15) is 0 Å². The predicted octanol–water partition coefficient (Wildman–Crippen LogP) is 8.47. The van der Waals surface area contributed by atoms with Crippen LogP contribution in [0.5, 0.6) is 0 Å². The Morgan fingerprint density at radius 2 is 0.667 bits per heavy atom. The molecule has 0 aliphatic rings. The molecule has 0 fully saturated rings. The lowest BCUT2D eigenvalue weighted by Crippen LogP contribution is -1.99. The Hall–Kier alpha value is -0.0600. The van der Waals surface area contributed by atoms with Crippen molar-refractivity contribution in [1.82, 2.24) is 0 Å². The average Bonchev–Trinajstić information content (AvgIpc) is 2.61. The Morgan fingerprint density at radius 3 is 0.889 bits per heavy atom. The molecule has 4 aromatic carbocycles. The van der Waals surface area contributed by atoms with Crippen LogP contribution in [0.3, 0.4) is 0 Å². The molecule has 27 heavy (non-hydrogen) atoms. The second kappa shape index (κ2) is 7.02. The molecule has 9 heteroatoms. The highest BCUT2D eigenvalue weighted by atomic mass is 79.9. The molecule has 4 aromatic rings. The SMILES string of the molecule is Nc1c(Br)c(Br)cc2c1c1cc(Br)c(Br)c(N)c1c1cc(Br)c(Br)c(N)c21. The van der Waals surface area contributed by atoms with E-state index in [1.165, 1.54) is 0 Å². The lowest BCUT2D eigenvalue weighted by atomic mass is 9.92. The van der Waals surface area contributed by atoms with Gasteiger partial charge in [0.25, 0.3) is 0 Å². The molecule has 0 aliphatic carbocycles. The van der Waals surface area contributed by atoms with Crippen LogP contribution < -0.4 is 17.2 Å². The number of nitrogens with two attached hydrogens (primary N) is 3. The van der Waals surface area contributed by atoms with E-state index in [9.17, 15) is 0 Å². The summed E-state index contributed by atoms with van der Waals surface area (Å²) in [6.07, 6.45) is 0. The van der Waals surface area contributed by atoms with Gasteiger partial charge in [-0.3, -0.25) is 0 Å². The average molecular weight is 747 g/mol. The first-order valence-electron chi connectivity index (χ1n) is 7.48. The number of hydrogen-bond donors (Lipinski definition) is 3. The fraction of sp³-hybridized carbons (Fsp3) is 0. The number of rotatable bonds is 0. The second-order valence-corrected chi connectivity index (χ2v) is 11.0. The van der Waals surface area contributed by atoms with Gasteiger partial charge in [-0.05, 0) is 130 Å². The molecule has 138 valence electrons. The maximum atomic E-state index is 6.53. The summed E-state index contributed by atoms with van der Waals surface area (Å²) in [6, 6.07) is 6.08. The molecule has 0 atom stereocenters. The molecule has 0 bridgehead atoms. The molecule has 0 radical (unpaired) electrons. The first kappa shape index (κ1) is 20.2. The third-order valence-corrected chi connectivity index (χ3v) is 10.6. The third kappa shape index (κ3) is 2.87. The summed E-state index contributed by atoms with van der Waals surface area (Å²) in [4.78, 5) is 0. The van der Waals surface area contributed by atoms with Gasteiger partial charge in [-0.25, -0.2) is 0 Å². The van der Waals surface area contributed by atoms with Crippen molar-refractivity contribution in [2.75, 3.05) is 17.2 Å². The third-order valence-electron chi connectivity index (χ3n) is 4.58. The number of halogens is 6. The van der Waals surface area contributed by atoms with Crippen LogP contribution in [-0.4, -0.2) is 0 Å². The van der Waals surface area contributed by atoms with Crippen molar-refractivity contribution in [2.24, 2.45) is 0 Å². The Kier molecular flexibility index (Phi) is 5.26. The number of benzene rings is 4. The first-order valence-corrected chi connectivity index (χ1v) is 12.2. The van der Waals surface area contributed by atoms with Gasteiger partial charge in [0.15, 0.2) is 0 Å². The fourth-order valence-corrected chi connectivity index (χ4v) is 5.66. The van der Waals surface area contributed by atoms with Crippen molar-refractivity contribution in [3.8, 4) is 0 Å². The zero-order valence-corrected chi connectivity index (χ0v) is 22.7. The molecule has 0 spiro atoms. The van der Waals surface area contributed by atoms with Crippen molar-refractivity contribution >= 4 is 145 Å². The van der Waals surface area contributed by atoms with E-state index in [0.717, 1.165) is 59.2 Å². The van der Waals surface area contributed by atoms with Gasteiger partial charge in [-0.15, -0.1) is 0 Å². The van der Waals surface area contributed by atoms with Crippen LogP contribution in [0.4, 0.5) is 17.1 Å². The van der Waals surface area contributed by atoms with Gasteiger partial charge in [0.05, 0.1) is 30.5 Å². The van der Waals surface area contributed by atoms with Crippen molar-refractivity contribution in [2.45, 2.75) is 0 Å². The van der Waals surface area contributed by atoms with Crippen LogP contribution in [0.25, 0.3) is 32.3 Å². The minimum Gasteiger partial charge on any atom is -0.397 e. The molecule has 0 saturated carbocycles. The van der Waals surface area contributed by atoms with Gasteiger partial charge in [0.1, 0.15) is 0 Å². The van der Waals surface area contributed by atoms with Gasteiger partial charge >= 0.3 is 0 Å². The highest BCUT2D eigenvalue weighted by Gasteiger charge is 2.21. The molecule has 0 aliphatic heterocycles. The zero-order valence-electron chi connectivity index (χ0n) is 13.2. The standard InChI is InChI=1S/C18H9Br6N3/c19-7-1-4-10(16(25)13(7)22)5-2-9(21)15(24)18(27)12(5)6-3-8(20)14(23)17(26)11(4)6/h1-3H,25-27H2. The van der Waals surface area contributed by atoms with Crippen molar-refractivity contribution in [3.05, 3.63) is 45.0 Å². The maximum Gasteiger partial charge on any atom is 0.0556 e. The number of nitrogen functional groups attached to an aromatic ring is 3. The van der Waals surface area contributed by atoms with E-state index in [-0.39, 0.29) is 0 Å². The Labute approximate surface area is 205 Å². The summed E-state index contributed by atoms with van der Waals surface area (Å²) in [5, 5.41) is 5.54. The quantitative estimate of drug-likeness (QED) is 0.125. The van der Waals surface area contributed by atoms with E-state index in [1.54, 1.807) is 0 Å². The smallest absolute Gasteiger partial charge is 0.0556 e. The molecule has 6 N–H and O–H groups in total. The van der Waals surface area contributed by atoms with Gasteiger partial charge in [0, 0.05) is 29.6 Å². The van der Waals surface area contributed by atoms with Crippen molar-refractivity contribution in [3.63, 3.8) is 0 Å². The molecule has 4 rings (SSSR count). The summed E-state index contributed by atoms with van der Waals surface area (Å²) < 4.78 is 4.95. The van der Waals surface area contributed by atoms with Gasteiger partial charge < -0.3 is 17.2 Å². The normalized spacial score (nSPS) is 11.8.